The largest absolute Gasteiger partial charge is 0.339 e. The summed E-state index contributed by atoms with van der Waals surface area (Å²) in [5, 5.41) is 0. The Morgan fingerprint density at radius 3 is 2.54 bits per heavy atom. The van der Waals surface area contributed by atoms with Crippen LogP contribution in [0.25, 0.3) is 0 Å². The van der Waals surface area contributed by atoms with Gasteiger partial charge >= 0.3 is 0 Å². The van der Waals surface area contributed by atoms with Gasteiger partial charge < -0.3 is 9.80 Å². The van der Waals surface area contributed by atoms with Crippen molar-refractivity contribution in [1.29, 1.82) is 0 Å². The number of benzene rings is 1. The van der Waals surface area contributed by atoms with Crippen LogP contribution < -0.4 is 0 Å². The van der Waals surface area contributed by atoms with Gasteiger partial charge in [0.05, 0.1) is 6.04 Å². The van der Waals surface area contributed by atoms with Gasteiger partial charge in [0.15, 0.2) is 0 Å². The predicted molar refractivity (Wildman–Crippen MR) is 98.9 cm³/mol. The van der Waals surface area contributed by atoms with Gasteiger partial charge in [0.1, 0.15) is 5.82 Å². The zero-order chi connectivity index (χ0) is 18.8. The van der Waals surface area contributed by atoms with Crippen molar-refractivity contribution in [3.8, 4) is 0 Å². The smallest absolute Gasteiger partial charge is 0.245 e. The SMILES string of the molecule is C=CC(=O)N1CCC(C(=O)N2CCc3ccc(F)cc3C2C(C)C)CC1. The minimum atomic E-state index is -0.250. The average molecular weight is 358 g/mol. The van der Waals surface area contributed by atoms with Crippen molar-refractivity contribution in [1.82, 2.24) is 9.80 Å². The van der Waals surface area contributed by atoms with Crippen LogP contribution in [0.15, 0.2) is 30.9 Å². The van der Waals surface area contributed by atoms with E-state index >= 15 is 0 Å². The van der Waals surface area contributed by atoms with Crippen LogP contribution in [-0.4, -0.2) is 41.2 Å². The Kier molecular flexibility index (Phi) is 5.44. The van der Waals surface area contributed by atoms with E-state index in [1.165, 1.54) is 12.1 Å². The monoisotopic (exact) mass is 358 g/mol. The van der Waals surface area contributed by atoms with E-state index in [1.807, 2.05) is 11.0 Å². The molecule has 1 fully saturated rings. The van der Waals surface area contributed by atoms with Crippen molar-refractivity contribution in [3.05, 3.63) is 47.8 Å². The molecule has 0 aromatic heterocycles. The fourth-order valence-corrected chi connectivity index (χ4v) is 4.29. The van der Waals surface area contributed by atoms with E-state index in [0.717, 1.165) is 17.5 Å². The molecule has 0 N–H and O–H groups in total. The van der Waals surface area contributed by atoms with E-state index in [-0.39, 0.29) is 35.5 Å². The minimum absolute atomic E-state index is 0.0692. The standard InChI is InChI=1S/C21H27FN2O2/c1-4-19(25)23-10-7-16(8-11-23)21(26)24-12-9-15-5-6-17(22)13-18(15)20(24)14(2)3/h4-6,13-14,16,20H,1,7-12H2,2-3H3. The Labute approximate surface area is 154 Å². The molecule has 3 rings (SSSR count). The Morgan fingerprint density at radius 2 is 1.92 bits per heavy atom. The Hall–Kier alpha value is -2.17. The maximum Gasteiger partial charge on any atom is 0.245 e. The quantitative estimate of drug-likeness (QED) is 0.778. The third-order valence-corrected chi connectivity index (χ3v) is 5.63. The highest BCUT2D eigenvalue weighted by atomic mass is 19.1. The summed E-state index contributed by atoms with van der Waals surface area (Å²) < 4.78 is 13.8. The maximum absolute atomic E-state index is 13.8. The highest BCUT2D eigenvalue weighted by Crippen LogP contribution is 2.37. The molecule has 1 aromatic carbocycles. The van der Waals surface area contributed by atoms with Gasteiger partial charge in [-0.1, -0.05) is 26.5 Å². The number of rotatable bonds is 3. The Balaban J connectivity index is 1.77. The van der Waals surface area contributed by atoms with Gasteiger partial charge in [-0.2, -0.15) is 0 Å². The first-order valence-electron chi connectivity index (χ1n) is 9.42. The third kappa shape index (κ3) is 3.53. The van der Waals surface area contributed by atoms with Gasteiger partial charge in [0.25, 0.3) is 0 Å². The molecule has 5 heteroatoms. The first-order chi connectivity index (χ1) is 12.4. The van der Waals surface area contributed by atoms with Crippen LogP contribution in [0.3, 0.4) is 0 Å². The number of nitrogens with zero attached hydrogens (tertiary/aromatic N) is 2. The Bertz CT molecular complexity index is 708. The molecule has 1 atom stereocenters. The summed E-state index contributed by atoms with van der Waals surface area (Å²) in [6.07, 6.45) is 3.44. The summed E-state index contributed by atoms with van der Waals surface area (Å²) in [5.74, 6) is -0.0370. The Morgan fingerprint density at radius 1 is 1.23 bits per heavy atom. The molecular weight excluding hydrogens is 331 g/mol. The summed E-state index contributed by atoms with van der Waals surface area (Å²) in [6.45, 7) is 9.54. The summed E-state index contributed by atoms with van der Waals surface area (Å²) in [6, 6.07) is 4.85. The molecule has 1 unspecified atom stereocenters. The number of piperidine rings is 1. The number of likely N-dealkylation sites (tertiary alicyclic amines) is 1. The normalized spacial score (nSPS) is 20.8. The molecule has 2 heterocycles. The minimum Gasteiger partial charge on any atom is -0.339 e. The van der Waals surface area contributed by atoms with Gasteiger partial charge in [-0.05, 0) is 54.5 Å². The number of fused-ring (bicyclic) bond motifs is 1. The lowest BCUT2D eigenvalue weighted by Crippen LogP contribution is -2.48. The fraction of sp³-hybridized carbons (Fsp3) is 0.524. The van der Waals surface area contributed by atoms with E-state index in [1.54, 1.807) is 11.0 Å². The van der Waals surface area contributed by atoms with Gasteiger partial charge in [-0.3, -0.25) is 9.59 Å². The van der Waals surface area contributed by atoms with Crippen LogP contribution in [0.4, 0.5) is 4.39 Å². The number of amides is 2. The summed E-state index contributed by atoms with van der Waals surface area (Å²) in [5.41, 5.74) is 2.08. The number of carbonyl (C=O) groups excluding carboxylic acids is 2. The first-order valence-corrected chi connectivity index (χ1v) is 9.42. The molecule has 0 bridgehead atoms. The van der Waals surface area contributed by atoms with E-state index in [2.05, 4.69) is 20.4 Å². The van der Waals surface area contributed by atoms with Crippen LogP contribution in [0.5, 0.6) is 0 Å². The lowest BCUT2D eigenvalue weighted by Gasteiger charge is -2.42. The van der Waals surface area contributed by atoms with Crippen LogP contribution in [0, 0.1) is 17.7 Å². The highest BCUT2D eigenvalue weighted by molar-refractivity contribution is 5.87. The third-order valence-electron chi connectivity index (χ3n) is 5.63. The molecule has 0 saturated carbocycles. The first kappa shape index (κ1) is 18.6. The second kappa shape index (κ2) is 7.60. The number of hydrogen-bond acceptors (Lipinski definition) is 2. The second-order valence-corrected chi connectivity index (χ2v) is 7.62. The summed E-state index contributed by atoms with van der Waals surface area (Å²) >= 11 is 0. The number of carbonyl (C=O) groups is 2. The highest BCUT2D eigenvalue weighted by Gasteiger charge is 2.37. The molecule has 0 radical (unpaired) electrons. The topological polar surface area (TPSA) is 40.6 Å². The molecule has 0 spiro atoms. The van der Waals surface area contributed by atoms with Gasteiger partial charge in [0.2, 0.25) is 11.8 Å². The van der Waals surface area contributed by atoms with Crippen molar-refractivity contribution in [2.45, 2.75) is 39.2 Å². The summed E-state index contributed by atoms with van der Waals surface area (Å²) in [7, 11) is 0. The number of hydrogen-bond donors (Lipinski definition) is 0. The molecule has 4 nitrogen and oxygen atoms in total. The molecule has 2 aliphatic heterocycles. The molecule has 1 aromatic rings. The molecule has 2 amide bonds. The zero-order valence-corrected chi connectivity index (χ0v) is 15.6. The predicted octanol–water partition coefficient (Wildman–Crippen LogP) is 3.33. The fourth-order valence-electron chi connectivity index (χ4n) is 4.29. The molecular formula is C21H27FN2O2. The molecule has 0 aliphatic carbocycles. The van der Waals surface area contributed by atoms with Crippen molar-refractivity contribution in [3.63, 3.8) is 0 Å². The van der Waals surface area contributed by atoms with Crippen LogP contribution in [0.2, 0.25) is 0 Å². The van der Waals surface area contributed by atoms with Crippen LogP contribution in [0.1, 0.15) is 43.9 Å². The lowest BCUT2D eigenvalue weighted by atomic mass is 9.84. The lowest BCUT2D eigenvalue weighted by molar-refractivity contribution is -0.143. The molecule has 2 aliphatic rings. The number of halogens is 1. The summed E-state index contributed by atoms with van der Waals surface area (Å²) in [4.78, 5) is 28.6. The van der Waals surface area contributed by atoms with Gasteiger partial charge in [-0.25, -0.2) is 4.39 Å². The van der Waals surface area contributed by atoms with E-state index < -0.39 is 0 Å². The van der Waals surface area contributed by atoms with E-state index in [0.29, 0.717) is 32.5 Å². The van der Waals surface area contributed by atoms with Crippen molar-refractivity contribution >= 4 is 11.8 Å². The van der Waals surface area contributed by atoms with E-state index in [9.17, 15) is 14.0 Å². The van der Waals surface area contributed by atoms with Crippen molar-refractivity contribution in [2.24, 2.45) is 11.8 Å². The van der Waals surface area contributed by atoms with Crippen LogP contribution >= 0.6 is 0 Å². The van der Waals surface area contributed by atoms with E-state index in [4.69, 9.17) is 0 Å². The zero-order valence-electron chi connectivity index (χ0n) is 15.6. The molecule has 26 heavy (non-hydrogen) atoms. The van der Waals surface area contributed by atoms with Gasteiger partial charge in [0, 0.05) is 25.6 Å². The van der Waals surface area contributed by atoms with Crippen molar-refractivity contribution < 1.29 is 14.0 Å². The van der Waals surface area contributed by atoms with Crippen molar-refractivity contribution in [2.75, 3.05) is 19.6 Å². The van der Waals surface area contributed by atoms with Gasteiger partial charge in [-0.15, -0.1) is 0 Å². The maximum atomic E-state index is 13.8. The second-order valence-electron chi connectivity index (χ2n) is 7.62. The molecule has 140 valence electrons. The average Bonchev–Trinajstić information content (AvgIpc) is 2.65. The van der Waals surface area contributed by atoms with Crippen LogP contribution in [-0.2, 0) is 16.0 Å². The molecule has 1 saturated heterocycles.